The highest BCUT2D eigenvalue weighted by Crippen LogP contribution is 2.71. The van der Waals surface area contributed by atoms with Crippen LogP contribution in [0.4, 0.5) is 5.69 Å². The number of fused-ring (bicyclic) bond motifs is 2. The Kier molecular flexibility index (Phi) is 6.08. The van der Waals surface area contributed by atoms with Crippen molar-refractivity contribution >= 4 is 45.9 Å². The summed E-state index contributed by atoms with van der Waals surface area (Å²) in [7, 11) is 0. The van der Waals surface area contributed by atoms with Crippen molar-refractivity contribution in [2.24, 2.45) is 11.8 Å². The van der Waals surface area contributed by atoms with E-state index < -0.39 is 33.4 Å². The van der Waals surface area contributed by atoms with Gasteiger partial charge in [-0.15, -0.1) is 11.8 Å². The number of aliphatic hydroxyl groups is 1. The minimum absolute atomic E-state index is 0.103. The molecule has 2 bridgehead atoms. The molecule has 2 unspecified atom stereocenters. The Labute approximate surface area is 210 Å². The van der Waals surface area contributed by atoms with Gasteiger partial charge in [0.1, 0.15) is 6.04 Å². The molecule has 35 heavy (non-hydrogen) atoms. The van der Waals surface area contributed by atoms with Gasteiger partial charge in [0, 0.05) is 17.0 Å². The van der Waals surface area contributed by atoms with E-state index in [1.807, 2.05) is 49.4 Å². The molecule has 0 aliphatic carbocycles. The molecule has 3 aliphatic heterocycles. The second-order valence-corrected chi connectivity index (χ2v) is 12.2. The van der Waals surface area contributed by atoms with Crippen LogP contribution in [0.25, 0.3) is 10.8 Å². The van der Waals surface area contributed by atoms with Crippen LogP contribution in [-0.2, 0) is 14.4 Å². The minimum atomic E-state index is -0.760. The number of carbonyl (C=O) groups excluding carboxylic acids is 3. The van der Waals surface area contributed by atoms with Crippen molar-refractivity contribution in [1.29, 1.82) is 0 Å². The van der Waals surface area contributed by atoms with Gasteiger partial charge in [-0.05, 0) is 56.0 Å². The van der Waals surface area contributed by atoms with Gasteiger partial charge in [-0.1, -0.05) is 37.3 Å². The van der Waals surface area contributed by atoms with Gasteiger partial charge in [0.05, 0.1) is 29.2 Å². The fraction of sp³-hybridized carbons (Fsp3) is 0.519. The Bertz CT molecular complexity index is 1190. The highest BCUT2D eigenvalue weighted by atomic mass is 32.2. The van der Waals surface area contributed by atoms with Crippen LogP contribution in [0.15, 0.2) is 42.5 Å². The van der Waals surface area contributed by atoms with Crippen molar-refractivity contribution in [3.8, 4) is 0 Å². The zero-order valence-electron chi connectivity index (χ0n) is 20.4. The molecule has 0 aromatic heterocycles. The number of rotatable bonds is 7. The number of nitrogens with zero attached hydrogens (tertiary/aromatic N) is 1. The van der Waals surface area contributed by atoms with E-state index in [1.165, 1.54) is 0 Å². The molecule has 1 spiro atoms. The summed E-state index contributed by atoms with van der Waals surface area (Å²) in [5.41, 5.74) is 0.665. The number of nitrogens with one attached hydrogen (secondary N) is 2. The predicted molar refractivity (Wildman–Crippen MR) is 138 cm³/mol. The SMILES string of the molecule is CCCNC(=O)[C@H]1[C@H]2C(=O)N([C@H](C)CO)C(C(=O)Nc3ccc4ccccc4c3)C23CC[C@]1(C)S3. The topological polar surface area (TPSA) is 98.7 Å². The maximum Gasteiger partial charge on any atom is 0.248 e. The summed E-state index contributed by atoms with van der Waals surface area (Å²) in [6.07, 6.45) is 2.27. The van der Waals surface area contributed by atoms with Crippen molar-refractivity contribution < 1.29 is 19.5 Å². The zero-order valence-corrected chi connectivity index (χ0v) is 21.2. The second kappa shape index (κ2) is 8.82. The molecule has 6 atom stereocenters. The van der Waals surface area contributed by atoms with Crippen LogP contribution in [0.5, 0.6) is 0 Å². The van der Waals surface area contributed by atoms with Gasteiger partial charge in [0.15, 0.2) is 0 Å². The number of amides is 3. The number of benzene rings is 2. The van der Waals surface area contributed by atoms with Crippen LogP contribution in [0, 0.1) is 11.8 Å². The van der Waals surface area contributed by atoms with Crippen LogP contribution in [-0.4, -0.2) is 62.5 Å². The molecule has 7 nitrogen and oxygen atoms in total. The Morgan fingerprint density at radius 3 is 2.63 bits per heavy atom. The Hall–Kier alpha value is -2.58. The number of thioether (sulfide) groups is 1. The first-order valence-electron chi connectivity index (χ1n) is 12.5. The summed E-state index contributed by atoms with van der Waals surface area (Å²) in [4.78, 5) is 42.6. The number of carbonyl (C=O) groups is 3. The first-order valence-corrected chi connectivity index (χ1v) is 13.3. The molecule has 2 aromatic carbocycles. The maximum atomic E-state index is 13.9. The molecule has 2 aromatic rings. The number of aliphatic hydroxyl groups excluding tert-OH is 1. The van der Waals surface area contributed by atoms with Crippen molar-refractivity contribution in [3.05, 3.63) is 42.5 Å². The van der Waals surface area contributed by atoms with Crippen molar-refractivity contribution in [2.45, 2.75) is 61.6 Å². The highest BCUT2D eigenvalue weighted by molar-refractivity contribution is 8.02. The maximum absolute atomic E-state index is 13.9. The molecule has 3 N–H and O–H groups in total. The monoisotopic (exact) mass is 495 g/mol. The first-order chi connectivity index (χ1) is 16.8. The lowest BCUT2D eigenvalue weighted by atomic mass is 9.66. The first kappa shape index (κ1) is 24.1. The molecular formula is C27H33N3O4S. The highest BCUT2D eigenvalue weighted by Gasteiger charge is 2.77. The smallest absolute Gasteiger partial charge is 0.248 e. The van der Waals surface area contributed by atoms with Gasteiger partial charge >= 0.3 is 0 Å². The Balaban J connectivity index is 1.51. The fourth-order valence-corrected chi connectivity index (χ4v) is 8.80. The van der Waals surface area contributed by atoms with E-state index in [0.29, 0.717) is 18.7 Å². The molecule has 3 aliphatic rings. The lowest BCUT2D eigenvalue weighted by Gasteiger charge is -2.36. The fourth-order valence-electron chi connectivity index (χ4n) is 6.46. The van der Waals surface area contributed by atoms with E-state index in [2.05, 4.69) is 17.6 Å². The molecule has 3 saturated heterocycles. The summed E-state index contributed by atoms with van der Waals surface area (Å²) >= 11 is 1.64. The van der Waals surface area contributed by atoms with E-state index in [-0.39, 0.29) is 24.3 Å². The summed E-state index contributed by atoms with van der Waals surface area (Å²) in [5.74, 6) is -1.63. The number of hydrogen-bond acceptors (Lipinski definition) is 5. The summed E-state index contributed by atoms with van der Waals surface area (Å²) in [5, 5.41) is 18.1. The van der Waals surface area contributed by atoms with Crippen LogP contribution in [0.2, 0.25) is 0 Å². The number of likely N-dealkylation sites (tertiary alicyclic amines) is 1. The van der Waals surface area contributed by atoms with Gasteiger partial charge < -0.3 is 20.6 Å². The minimum Gasteiger partial charge on any atom is -0.394 e. The molecule has 3 fully saturated rings. The van der Waals surface area contributed by atoms with Gasteiger partial charge in [-0.2, -0.15) is 0 Å². The third-order valence-corrected chi connectivity index (χ3v) is 10.0. The summed E-state index contributed by atoms with van der Waals surface area (Å²) in [6, 6.07) is 12.4. The van der Waals surface area contributed by atoms with E-state index in [4.69, 9.17) is 0 Å². The molecule has 8 heteroatoms. The third kappa shape index (κ3) is 3.64. The van der Waals surface area contributed by atoms with E-state index in [1.54, 1.807) is 23.6 Å². The van der Waals surface area contributed by atoms with Crippen molar-refractivity contribution in [3.63, 3.8) is 0 Å². The van der Waals surface area contributed by atoms with E-state index >= 15 is 0 Å². The van der Waals surface area contributed by atoms with Gasteiger partial charge in [-0.3, -0.25) is 14.4 Å². The largest absolute Gasteiger partial charge is 0.394 e. The molecule has 3 amide bonds. The summed E-state index contributed by atoms with van der Waals surface area (Å²) in [6.45, 7) is 6.14. The predicted octanol–water partition coefficient (Wildman–Crippen LogP) is 3.17. The molecule has 5 rings (SSSR count). The van der Waals surface area contributed by atoms with E-state index in [0.717, 1.165) is 23.6 Å². The zero-order chi connectivity index (χ0) is 25.0. The molecule has 3 heterocycles. The quantitative estimate of drug-likeness (QED) is 0.548. The number of anilines is 1. The molecular weight excluding hydrogens is 462 g/mol. The molecule has 0 radical (unpaired) electrons. The van der Waals surface area contributed by atoms with E-state index in [9.17, 15) is 19.5 Å². The normalized spacial score (nSPS) is 32.1. The Morgan fingerprint density at radius 2 is 1.91 bits per heavy atom. The molecule has 0 saturated carbocycles. The van der Waals surface area contributed by atoms with Crippen molar-refractivity contribution in [2.75, 3.05) is 18.5 Å². The molecule has 186 valence electrons. The van der Waals surface area contributed by atoms with Gasteiger partial charge in [0.2, 0.25) is 17.7 Å². The summed E-state index contributed by atoms with van der Waals surface area (Å²) < 4.78 is -1.08. The Morgan fingerprint density at radius 1 is 1.17 bits per heavy atom. The number of hydrogen-bond donors (Lipinski definition) is 3. The standard InChI is InChI=1S/C27H33N3O4S/c1-4-13-28-23(32)20-21-25(34)30(16(2)15-31)22(27(21)12-11-26(20,3)35-27)24(33)29-19-10-9-17-7-5-6-8-18(17)14-19/h5-10,14,16,20-22,31H,4,11-13,15H2,1-3H3,(H,28,32)(H,29,33)/t16-,20-,21+,22?,26+,27?/m1/s1. The van der Waals surface area contributed by atoms with Crippen molar-refractivity contribution in [1.82, 2.24) is 10.2 Å². The van der Waals surface area contributed by atoms with Crippen LogP contribution in [0.1, 0.15) is 40.0 Å². The second-order valence-electron chi connectivity index (χ2n) is 10.3. The lowest BCUT2D eigenvalue weighted by Crippen LogP contribution is -2.54. The third-order valence-electron chi connectivity index (χ3n) is 8.05. The van der Waals surface area contributed by atoms with Crippen LogP contribution in [0.3, 0.4) is 0 Å². The average molecular weight is 496 g/mol. The lowest BCUT2D eigenvalue weighted by molar-refractivity contribution is -0.142. The van der Waals surface area contributed by atoms with Gasteiger partial charge in [-0.25, -0.2) is 0 Å². The average Bonchev–Trinajstić information content (AvgIpc) is 3.42. The van der Waals surface area contributed by atoms with Crippen LogP contribution >= 0.6 is 11.8 Å². The van der Waals surface area contributed by atoms with Crippen LogP contribution < -0.4 is 10.6 Å². The van der Waals surface area contributed by atoms with Gasteiger partial charge in [0.25, 0.3) is 0 Å².